The molecule has 1 aromatic heterocycles. The third-order valence-electron chi connectivity index (χ3n) is 15.3. The molecule has 4 saturated heterocycles. The Bertz CT molecular complexity index is 2510. The first kappa shape index (κ1) is 65.1. The highest BCUT2D eigenvalue weighted by Gasteiger charge is 2.70. The summed E-state index contributed by atoms with van der Waals surface area (Å²) >= 11 is 0. The van der Waals surface area contributed by atoms with Crippen LogP contribution in [0.2, 0.25) is 0 Å². The fourth-order valence-corrected chi connectivity index (χ4v) is 9.66. The number of carbonyl (C=O) groups excluding carboxylic acids is 6. The summed E-state index contributed by atoms with van der Waals surface area (Å²) in [6, 6.07) is 0.906. The third kappa shape index (κ3) is 11.5. The highest BCUT2D eigenvalue weighted by molar-refractivity contribution is 6.07. The standard InChI is InChI=1S/C14H19F2NO3.C12H14F3NO4.C11H12F3NO5.C11H14F2N2O5/c1-4-13(5-2)9(3)14(15,16)12(20-13)17-7-6-10(18)8-11(17)19;1-7-11(5-13,6-17)20-10(12(7,14)15)16-3-2-8(18)4-9(16)19;12-4-10(5-16)8(19)11(13,14)9(20-10)15-2-1-6(17)3-7(15)18;1-6-10(4-16,5-17)20-8(11(6,12)13)15-3-2-7(18)14-9(15)19/h6-7,9,12H,4-5,8H2,1-3H3;2-3,7,10,17H,4-6H2,1H3;1-2,8-9,16,19H,3-5H2;2-3,6,8,16-17H,4-5H2,1H3,(H,14,18,19)/t9-,12-;7-,10-,11-;8-,9-,10-;6-,8-/m1111/s1. The molecule has 3 amide bonds. The number of aromatic amines is 1. The van der Waals surface area contributed by atoms with Crippen LogP contribution < -0.4 is 11.2 Å². The van der Waals surface area contributed by atoms with Gasteiger partial charge < -0.3 is 44.5 Å². The first-order valence-electron chi connectivity index (χ1n) is 24.5. The Balaban J connectivity index is 0.000000196. The van der Waals surface area contributed by atoms with Crippen molar-refractivity contribution >= 4 is 35.1 Å². The molecule has 8 rings (SSSR count). The Morgan fingerprint density at radius 2 is 0.838 bits per heavy atom. The lowest BCUT2D eigenvalue weighted by molar-refractivity contribution is -0.179. The van der Waals surface area contributed by atoms with Gasteiger partial charge in [0, 0.05) is 30.9 Å². The average molecular weight is 1170 g/mol. The second-order valence-electron chi connectivity index (χ2n) is 19.8. The van der Waals surface area contributed by atoms with Gasteiger partial charge in [-0.3, -0.25) is 57.8 Å². The van der Waals surface area contributed by atoms with Crippen LogP contribution in [0.25, 0.3) is 0 Å². The molecule has 7 aliphatic heterocycles. The van der Waals surface area contributed by atoms with E-state index in [1.807, 2.05) is 4.98 Å². The van der Waals surface area contributed by atoms with Gasteiger partial charge in [-0.2, -0.15) is 8.78 Å². The molecular weight excluding hydrogens is 1110 g/mol. The smallest absolute Gasteiger partial charge is 0.330 e. The van der Waals surface area contributed by atoms with Gasteiger partial charge in [0.1, 0.15) is 24.6 Å². The quantitative estimate of drug-likeness (QED) is 0.128. The minimum Gasteiger partial charge on any atom is -0.393 e. The normalized spacial score (nSPS) is 33.3. The lowest BCUT2D eigenvalue weighted by atomic mass is 9.82. The van der Waals surface area contributed by atoms with Crippen LogP contribution in [0, 0.1) is 17.8 Å². The lowest BCUT2D eigenvalue weighted by Crippen LogP contribution is -2.52. The number of rotatable bonds is 12. The van der Waals surface area contributed by atoms with E-state index < -0.39 is 188 Å². The molecule has 448 valence electrons. The van der Waals surface area contributed by atoms with E-state index in [4.69, 9.17) is 29.2 Å². The Morgan fingerprint density at radius 1 is 0.512 bits per heavy atom. The van der Waals surface area contributed by atoms with E-state index in [2.05, 4.69) is 0 Å². The second kappa shape index (κ2) is 24.0. The lowest BCUT2D eigenvalue weighted by Gasteiger charge is -2.32. The average Bonchev–Trinajstić information content (AvgIpc) is 3.92. The monoisotopic (exact) mass is 1170 g/mol. The zero-order valence-electron chi connectivity index (χ0n) is 43.2. The number of alkyl halides is 10. The number of H-pyrrole nitrogens is 1. The summed E-state index contributed by atoms with van der Waals surface area (Å²) in [5, 5.41) is 46.1. The molecular formula is C48H59F10N5O17. The fraction of sp³-hybridized carbons (Fsp3) is 0.667. The molecule has 32 heteroatoms. The van der Waals surface area contributed by atoms with Gasteiger partial charge >= 0.3 is 11.6 Å². The van der Waals surface area contributed by atoms with Crippen molar-refractivity contribution in [1.82, 2.24) is 24.3 Å². The molecule has 0 aromatic carbocycles. The first-order chi connectivity index (χ1) is 37.1. The zero-order chi connectivity index (χ0) is 60.5. The third-order valence-corrected chi connectivity index (χ3v) is 15.3. The Morgan fingerprint density at radius 3 is 1.14 bits per heavy atom. The van der Waals surface area contributed by atoms with Crippen molar-refractivity contribution in [2.24, 2.45) is 17.8 Å². The number of ether oxygens (including phenoxy) is 4. The number of ketones is 3. The van der Waals surface area contributed by atoms with Crippen molar-refractivity contribution in [1.29, 1.82) is 0 Å². The summed E-state index contributed by atoms with van der Waals surface area (Å²) < 4.78 is 161. The van der Waals surface area contributed by atoms with Crippen LogP contribution in [0.3, 0.4) is 0 Å². The van der Waals surface area contributed by atoms with E-state index in [9.17, 15) is 97.6 Å². The maximum atomic E-state index is 14.5. The maximum absolute atomic E-state index is 14.5. The summed E-state index contributed by atoms with van der Waals surface area (Å²) in [6.45, 7) is 0.611. The second-order valence-corrected chi connectivity index (χ2v) is 19.8. The van der Waals surface area contributed by atoms with E-state index in [1.54, 1.807) is 13.8 Å². The van der Waals surface area contributed by atoms with Gasteiger partial charge in [-0.15, -0.1) is 0 Å². The first-order valence-corrected chi connectivity index (χ1v) is 24.5. The number of halogens is 10. The molecule has 7 aliphatic rings. The Kier molecular flexibility index (Phi) is 19.5. The summed E-state index contributed by atoms with van der Waals surface area (Å²) in [5.41, 5.74) is -9.13. The van der Waals surface area contributed by atoms with Crippen LogP contribution in [0.5, 0.6) is 0 Å². The van der Waals surface area contributed by atoms with Crippen molar-refractivity contribution in [3.8, 4) is 0 Å². The minimum atomic E-state index is -3.99. The van der Waals surface area contributed by atoms with Gasteiger partial charge in [0.05, 0.1) is 69.0 Å². The summed E-state index contributed by atoms with van der Waals surface area (Å²) in [5.74, 6) is -22.2. The minimum absolute atomic E-state index is 0.377. The molecule has 8 heterocycles. The van der Waals surface area contributed by atoms with Crippen molar-refractivity contribution in [3.63, 3.8) is 0 Å². The van der Waals surface area contributed by atoms with Crippen LogP contribution in [0.1, 0.15) is 73.0 Å². The number of aliphatic hydroxyl groups is 5. The number of carbonyl (C=O) groups is 6. The van der Waals surface area contributed by atoms with Crippen LogP contribution in [0.15, 0.2) is 58.7 Å². The summed E-state index contributed by atoms with van der Waals surface area (Å²) in [7, 11) is 0. The highest BCUT2D eigenvalue weighted by Crippen LogP contribution is 2.53. The molecule has 1 aromatic rings. The number of hydrogen-bond acceptors (Lipinski definition) is 17. The van der Waals surface area contributed by atoms with Gasteiger partial charge in [-0.1, -0.05) is 34.6 Å². The van der Waals surface area contributed by atoms with E-state index >= 15 is 0 Å². The zero-order valence-corrected chi connectivity index (χ0v) is 43.2. The van der Waals surface area contributed by atoms with Crippen LogP contribution in [0.4, 0.5) is 43.9 Å². The molecule has 0 radical (unpaired) electrons. The van der Waals surface area contributed by atoms with E-state index in [0.29, 0.717) is 27.2 Å². The number of amides is 3. The van der Waals surface area contributed by atoms with Crippen molar-refractivity contribution in [2.75, 3.05) is 39.8 Å². The molecule has 0 bridgehead atoms. The molecule has 4 fully saturated rings. The number of aromatic nitrogens is 2. The van der Waals surface area contributed by atoms with Crippen LogP contribution in [-0.4, -0.2) is 196 Å². The number of aliphatic hydroxyl groups excluding tert-OH is 5. The number of nitrogens with one attached hydrogen (secondary N) is 1. The molecule has 0 aliphatic carbocycles. The molecule has 0 saturated carbocycles. The predicted molar refractivity (Wildman–Crippen MR) is 248 cm³/mol. The maximum Gasteiger partial charge on any atom is 0.330 e. The SMILES string of the molecule is CCC1(CC)O[C@@H](N2C=CC(=O)CC2=O)C(F)(F)[C@@H]1C.C[C@@H]1C(CO)(CO)O[C@@H](n2ccc(=O)[nH]c2=O)C1(F)F.C[C@H]1C(F)(F)[C@H](N2C=CC(=O)CC2=O)O[C@@]1(CO)CF.O=C1C=CN([C@@H]2O[C@@](CO)(CF)[C@@H](O)C2(F)F)C(=O)C1. The predicted octanol–water partition coefficient (Wildman–Crippen LogP) is 1.53. The van der Waals surface area contributed by atoms with Gasteiger partial charge in [0.25, 0.3) is 23.3 Å². The topological polar surface area (TPSA) is 305 Å². The van der Waals surface area contributed by atoms with Gasteiger partial charge in [0.2, 0.25) is 42.6 Å². The fourth-order valence-electron chi connectivity index (χ4n) is 9.66. The molecule has 6 N–H and O–H groups in total. The molecule has 0 unspecified atom stereocenters. The highest BCUT2D eigenvalue weighted by atomic mass is 19.3. The molecule has 10 atom stereocenters. The van der Waals surface area contributed by atoms with Crippen LogP contribution in [-0.2, 0) is 47.7 Å². The Hall–Kier alpha value is -5.74. The van der Waals surface area contributed by atoms with Crippen LogP contribution >= 0.6 is 0 Å². The van der Waals surface area contributed by atoms with E-state index in [-0.39, 0.29) is 12.2 Å². The van der Waals surface area contributed by atoms with Gasteiger partial charge in [0.15, 0.2) is 29.1 Å². The summed E-state index contributed by atoms with van der Waals surface area (Å²) in [4.78, 5) is 94.5. The number of nitrogens with zero attached hydrogens (tertiary/aromatic N) is 4. The van der Waals surface area contributed by atoms with Gasteiger partial charge in [-0.25, -0.2) is 39.9 Å². The van der Waals surface area contributed by atoms with Crippen molar-refractivity contribution in [3.05, 3.63) is 69.9 Å². The molecule has 0 spiro atoms. The summed E-state index contributed by atoms with van der Waals surface area (Å²) in [6.07, 6.45) is -4.49. The number of allylic oxidation sites excluding steroid dienone is 3. The molecule has 22 nitrogen and oxygen atoms in total. The van der Waals surface area contributed by atoms with E-state index in [0.717, 1.165) is 67.8 Å². The van der Waals surface area contributed by atoms with Crippen molar-refractivity contribution < 1.29 is 117 Å². The largest absolute Gasteiger partial charge is 0.393 e. The van der Waals surface area contributed by atoms with Gasteiger partial charge in [-0.05, 0) is 31.1 Å². The van der Waals surface area contributed by atoms with E-state index in [1.165, 1.54) is 6.92 Å². The number of hydrogen-bond donors (Lipinski definition) is 6. The molecule has 80 heavy (non-hydrogen) atoms. The van der Waals surface area contributed by atoms with Crippen molar-refractivity contribution in [2.45, 2.75) is 144 Å². The Labute approximate surface area is 447 Å².